The summed E-state index contributed by atoms with van der Waals surface area (Å²) >= 11 is 0. The molecule has 0 aliphatic heterocycles. The monoisotopic (exact) mass is 143 g/mol. The van der Waals surface area contributed by atoms with E-state index in [1.165, 1.54) is 6.42 Å². The largest absolute Gasteiger partial charge is 0.304 e. The molecule has 0 saturated carbocycles. The Bertz CT molecular complexity index is 86.9. The highest BCUT2D eigenvalue weighted by molar-refractivity contribution is 4.83. The molecule has 0 heterocycles. The van der Waals surface area contributed by atoms with Crippen molar-refractivity contribution < 1.29 is 0 Å². The van der Waals surface area contributed by atoms with Crippen LogP contribution in [0.5, 0.6) is 0 Å². The van der Waals surface area contributed by atoms with Gasteiger partial charge in [0.1, 0.15) is 0 Å². The van der Waals surface area contributed by atoms with Crippen LogP contribution in [0.4, 0.5) is 0 Å². The maximum absolute atomic E-state index is 2.32. The van der Waals surface area contributed by atoms with E-state index in [0.29, 0.717) is 5.54 Å². The number of hydrogen-bond acceptors (Lipinski definition) is 1. The van der Waals surface area contributed by atoms with E-state index in [4.69, 9.17) is 0 Å². The van der Waals surface area contributed by atoms with Crippen molar-refractivity contribution in [3.63, 3.8) is 0 Å². The highest BCUT2D eigenvalue weighted by Gasteiger charge is 2.27. The lowest BCUT2D eigenvalue weighted by Crippen LogP contribution is -2.45. The highest BCUT2D eigenvalue weighted by Crippen LogP contribution is 2.25. The summed E-state index contributed by atoms with van der Waals surface area (Å²) in [6.07, 6.45) is 1.22. The van der Waals surface area contributed by atoms with E-state index in [9.17, 15) is 0 Å². The summed E-state index contributed by atoms with van der Waals surface area (Å²) in [5.41, 5.74) is 0.375. The molecule has 0 aromatic rings. The second-order valence-electron chi connectivity index (χ2n) is 3.76. The Labute approximate surface area is 65.4 Å². The fraction of sp³-hybridized carbons (Fsp3) is 1.00. The molecule has 10 heavy (non-hydrogen) atoms. The van der Waals surface area contributed by atoms with E-state index in [0.717, 1.165) is 5.92 Å². The molecular formula is C9H21N. The average molecular weight is 143 g/mol. The van der Waals surface area contributed by atoms with Crippen LogP contribution in [0.2, 0.25) is 0 Å². The Kier molecular flexibility index (Phi) is 3.37. The minimum Gasteiger partial charge on any atom is -0.304 e. The van der Waals surface area contributed by atoms with Crippen LogP contribution in [0.25, 0.3) is 0 Å². The van der Waals surface area contributed by atoms with Crippen molar-refractivity contribution in [3.05, 3.63) is 0 Å². The van der Waals surface area contributed by atoms with Gasteiger partial charge in [-0.1, -0.05) is 20.8 Å². The molecular weight excluding hydrogens is 122 g/mol. The molecule has 1 nitrogen and oxygen atoms in total. The van der Waals surface area contributed by atoms with Crippen molar-refractivity contribution in [3.8, 4) is 0 Å². The topological polar surface area (TPSA) is 3.24 Å². The third-order valence-electron chi connectivity index (χ3n) is 2.98. The fourth-order valence-corrected chi connectivity index (χ4v) is 1.24. The smallest absolute Gasteiger partial charge is 0.0195 e. The first kappa shape index (κ1) is 9.96. The Morgan fingerprint density at radius 2 is 1.70 bits per heavy atom. The summed E-state index contributed by atoms with van der Waals surface area (Å²) in [6, 6.07) is 0. The minimum atomic E-state index is 0.375. The van der Waals surface area contributed by atoms with Crippen molar-refractivity contribution in [2.24, 2.45) is 5.92 Å². The van der Waals surface area contributed by atoms with E-state index in [2.05, 4.69) is 46.7 Å². The van der Waals surface area contributed by atoms with Gasteiger partial charge in [-0.3, -0.25) is 0 Å². The Morgan fingerprint density at radius 3 is 1.70 bits per heavy atom. The quantitative estimate of drug-likeness (QED) is 0.586. The van der Waals surface area contributed by atoms with Crippen molar-refractivity contribution in [2.75, 3.05) is 14.1 Å². The van der Waals surface area contributed by atoms with Gasteiger partial charge in [-0.15, -0.1) is 0 Å². The van der Waals surface area contributed by atoms with Gasteiger partial charge in [-0.25, -0.2) is 0 Å². The molecule has 1 heteroatoms. The molecule has 0 rings (SSSR count). The van der Waals surface area contributed by atoms with E-state index < -0.39 is 0 Å². The molecule has 0 aliphatic rings. The Balaban J connectivity index is 4.23. The molecule has 0 spiro atoms. The van der Waals surface area contributed by atoms with Gasteiger partial charge in [0.05, 0.1) is 0 Å². The van der Waals surface area contributed by atoms with Crippen molar-refractivity contribution in [2.45, 2.75) is 39.7 Å². The highest BCUT2D eigenvalue weighted by atomic mass is 15.1. The molecule has 62 valence electrons. The second-order valence-corrected chi connectivity index (χ2v) is 3.76. The molecule has 0 fully saturated rings. The molecule has 0 amide bonds. The van der Waals surface area contributed by atoms with Gasteiger partial charge < -0.3 is 4.90 Å². The first-order valence-corrected chi connectivity index (χ1v) is 4.12. The maximum Gasteiger partial charge on any atom is 0.0195 e. The zero-order valence-electron chi connectivity index (χ0n) is 8.23. The SMILES string of the molecule is CC[C@@](C)(C(C)C)N(C)C. The molecule has 0 aromatic carbocycles. The van der Waals surface area contributed by atoms with E-state index in [1.54, 1.807) is 0 Å². The predicted octanol–water partition coefficient (Wildman–Crippen LogP) is 2.37. The summed E-state index contributed by atoms with van der Waals surface area (Å²) in [5.74, 6) is 0.729. The van der Waals surface area contributed by atoms with E-state index >= 15 is 0 Å². The van der Waals surface area contributed by atoms with Crippen LogP contribution in [-0.2, 0) is 0 Å². The average Bonchev–Trinajstić information content (AvgIpc) is 1.85. The van der Waals surface area contributed by atoms with Gasteiger partial charge in [0, 0.05) is 5.54 Å². The molecule has 0 radical (unpaired) electrons. The van der Waals surface area contributed by atoms with E-state index in [-0.39, 0.29) is 0 Å². The third-order valence-corrected chi connectivity index (χ3v) is 2.98. The summed E-state index contributed by atoms with van der Waals surface area (Å²) in [4.78, 5) is 2.32. The van der Waals surface area contributed by atoms with Crippen LogP contribution in [-0.4, -0.2) is 24.5 Å². The normalized spacial score (nSPS) is 18.0. The van der Waals surface area contributed by atoms with Gasteiger partial charge in [0.15, 0.2) is 0 Å². The van der Waals surface area contributed by atoms with Gasteiger partial charge in [0.2, 0.25) is 0 Å². The summed E-state index contributed by atoms with van der Waals surface area (Å²) in [5, 5.41) is 0. The lowest BCUT2D eigenvalue weighted by atomic mass is 9.85. The summed E-state index contributed by atoms with van der Waals surface area (Å²) in [7, 11) is 4.31. The molecule has 0 bridgehead atoms. The van der Waals surface area contributed by atoms with Crippen LogP contribution < -0.4 is 0 Å². The van der Waals surface area contributed by atoms with Crippen LogP contribution >= 0.6 is 0 Å². The zero-order chi connectivity index (χ0) is 8.36. The van der Waals surface area contributed by atoms with Crippen molar-refractivity contribution in [1.82, 2.24) is 4.90 Å². The van der Waals surface area contributed by atoms with Crippen molar-refractivity contribution >= 4 is 0 Å². The molecule has 0 aliphatic carbocycles. The third kappa shape index (κ3) is 1.72. The Hall–Kier alpha value is -0.0400. The van der Waals surface area contributed by atoms with Gasteiger partial charge in [-0.2, -0.15) is 0 Å². The summed E-state index contributed by atoms with van der Waals surface area (Å²) in [6.45, 7) is 9.13. The van der Waals surface area contributed by atoms with Gasteiger partial charge >= 0.3 is 0 Å². The molecule has 0 aromatic heterocycles. The van der Waals surface area contributed by atoms with Crippen LogP contribution in [0.1, 0.15) is 34.1 Å². The van der Waals surface area contributed by atoms with Gasteiger partial charge in [-0.05, 0) is 33.4 Å². The first-order chi connectivity index (χ1) is 4.45. The summed E-state index contributed by atoms with van der Waals surface area (Å²) < 4.78 is 0. The number of nitrogens with zero attached hydrogens (tertiary/aromatic N) is 1. The van der Waals surface area contributed by atoms with Crippen LogP contribution in [0.3, 0.4) is 0 Å². The second kappa shape index (κ2) is 3.38. The van der Waals surface area contributed by atoms with Crippen molar-refractivity contribution in [1.29, 1.82) is 0 Å². The molecule has 1 atom stereocenters. The lowest BCUT2D eigenvalue weighted by molar-refractivity contribution is 0.110. The van der Waals surface area contributed by atoms with Gasteiger partial charge in [0.25, 0.3) is 0 Å². The predicted molar refractivity (Wildman–Crippen MR) is 47.2 cm³/mol. The zero-order valence-corrected chi connectivity index (χ0v) is 8.23. The van der Waals surface area contributed by atoms with E-state index in [1.807, 2.05) is 0 Å². The number of rotatable bonds is 3. The first-order valence-electron chi connectivity index (χ1n) is 4.12. The molecule has 0 unspecified atom stereocenters. The molecule has 0 N–H and O–H groups in total. The Morgan fingerprint density at radius 1 is 1.30 bits per heavy atom. The van der Waals surface area contributed by atoms with Crippen LogP contribution in [0, 0.1) is 5.92 Å². The lowest BCUT2D eigenvalue weighted by Gasteiger charge is -2.39. The van der Waals surface area contributed by atoms with Crippen LogP contribution in [0.15, 0.2) is 0 Å². The number of hydrogen-bond donors (Lipinski definition) is 0. The minimum absolute atomic E-state index is 0.375. The molecule has 0 saturated heterocycles. The maximum atomic E-state index is 2.32. The standard InChI is InChI=1S/C9H21N/c1-7-9(4,8(2)3)10(5)6/h8H,7H2,1-6H3/t9-/m0/s1. The fourth-order valence-electron chi connectivity index (χ4n) is 1.24.